The van der Waals surface area contributed by atoms with Crippen LogP contribution in [-0.4, -0.2) is 45.2 Å². The van der Waals surface area contributed by atoms with Gasteiger partial charge in [-0.15, -0.1) is 0 Å². The largest absolute Gasteiger partial charge is 0.468 e. The van der Waals surface area contributed by atoms with Gasteiger partial charge in [0.15, 0.2) is 0 Å². The molecule has 8 nitrogen and oxygen atoms in total. The van der Waals surface area contributed by atoms with Crippen molar-refractivity contribution in [3.05, 3.63) is 60.0 Å². The second kappa shape index (κ2) is 9.69. The van der Waals surface area contributed by atoms with Crippen molar-refractivity contribution in [2.75, 3.05) is 24.3 Å². The Labute approximate surface area is 202 Å². The first-order valence-electron chi connectivity index (χ1n) is 11.7. The zero-order valence-electron chi connectivity index (χ0n) is 19.7. The molecule has 0 amide bonds. The number of rotatable bonds is 7. The molecular weight excluding hydrogens is 447 g/mol. The fourth-order valence-corrected chi connectivity index (χ4v) is 4.51. The lowest BCUT2D eigenvalue weighted by molar-refractivity contribution is -0.138. The normalized spacial score (nSPS) is 13.8. The molecule has 4 aromatic rings. The number of pyridine rings is 1. The first-order valence-corrected chi connectivity index (χ1v) is 11.7. The van der Waals surface area contributed by atoms with Gasteiger partial charge in [0.1, 0.15) is 23.9 Å². The summed E-state index contributed by atoms with van der Waals surface area (Å²) >= 11 is 0. The minimum atomic E-state index is -0.387. The average Bonchev–Trinajstić information content (AvgIpc) is 3.50. The topological polar surface area (TPSA) is 93.4 Å². The van der Waals surface area contributed by atoms with Gasteiger partial charge in [0.05, 0.1) is 23.9 Å². The number of aromatic nitrogens is 4. The number of fused-ring (bicyclic) bond motifs is 1. The van der Waals surface area contributed by atoms with Crippen molar-refractivity contribution >= 4 is 23.3 Å². The van der Waals surface area contributed by atoms with E-state index >= 15 is 0 Å². The highest BCUT2D eigenvalue weighted by atomic mass is 19.1. The Kier molecular flexibility index (Phi) is 6.31. The maximum atomic E-state index is 13.7. The Hall–Kier alpha value is -4.01. The minimum absolute atomic E-state index is 0.00123. The number of hydrogen-bond acceptors (Lipinski definition) is 7. The summed E-state index contributed by atoms with van der Waals surface area (Å²) in [5.41, 5.74) is 4.56. The van der Waals surface area contributed by atoms with Gasteiger partial charge in [0, 0.05) is 17.3 Å². The third-order valence-corrected chi connectivity index (χ3v) is 6.22. The highest BCUT2D eigenvalue weighted by Gasteiger charge is 2.22. The lowest BCUT2D eigenvalue weighted by Gasteiger charge is -2.13. The number of nitrogens with one attached hydrogen (secondary N) is 2. The van der Waals surface area contributed by atoms with Crippen LogP contribution in [0.25, 0.3) is 28.0 Å². The molecule has 35 heavy (non-hydrogen) atoms. The zero-order chi connectivity index (χ0) is 24.4. The molecule has 0 aliphatic heterocycles. The zero-order valence-corrected chi connectivity index (χ0v) is 19.7. The predicted molar refractivity (Wildman–Crippen MR) is 133 cm³/mol. The molecule has 1 fully saturated rings. The Balaban J connectivity index is 1.65. The number of hydrogen-bond donors (Lipinski definition) is 2. The van der Waals surface area contributed by atoms with Crippen LogP contribution in [0.1, 0.15) is 31.4 Å². The SMILES string of the molecule is COC(=O)CNc1cccc2c(-c3cc(C)nc(NC4CCCC4)n3)c(-c3ccc(F)cc3)nn12. The van der Waals surface area contributed by atoms with Gasteiger partial charge < -0.3 is 15.4 Å². The molecule has 0 bridgehead atoms. The minimum Gasteiger partial charge on any atom is -0.468 e. The fourth-order valence-electron chi connectivity index (χ4n) is 4.51. The molecular formula is C26H27FN6O2. The summed E-state index contributed by atoms with van der Waals surface area (Å²) in [7, 11) is 1.35. The maximum Gasteiger partial charge on any atom is 0.325 e. The molecule has 1 aromatic carbocycles. The Morgan fingerprint density at radius 2 is 1.91 bits per heavy atom. The second-order valence-electron chi connectivity index (χ2n) is 8.71. The van der Waals surface area contributed by atoms with Crippen LogP contribution in [0.15, 0.2) is 48.5 Å². The molecule has 3 heterocycles. The predicted octanol–water partition coefficient (Wildman–Crippen LogP) is 4.85. The number of halogens is 1. The van der Waals surface area contributed by atoms with Gasteiger partial charge in [-0.25, -0.2) is 18.9 Å². The van der Waals surface area contributed by atoms with E-state index < -0.39 is 0 Å². The van der Waals surface area contributed by atoms with Crippen molar-refractivity contribution in [2.45, 2.75) is 38.6 Å². The summed E-state index contributed by atoms with van der Waals surface area (Å²) in [5.74, 6) is 0.511. The average molecular weight is 475 g/mol. The smallest absolute Gasteiger partial charge is 0.325 e. The maximum absolute atomic E-state index is 13.7. The van der Waals surface area contributed by atoms with Crippen LogP contribution in [0.3, 0.4) is 0 Å². The van der Waals surface area contributed by atoms with E-state index in [4.69, 9.17) is 14.8 Å². The second-order valence-corrected chi connectivity index (χ2v) is 8.71. The molecule has 9 heteroatoms. The number of benzene rings is 1. The molecule has 0 saturated heterocycles. The highest BCUT2D eigenvalue weighted by molar-refractivity contribution is 5.92. The van der Waals surface area contributed by atoms with Gasteiger partial charge in [0.2, 0.25) is 5.95 Å². The summed E-state index contributed by atoms with van der Waals surface area (Å²) in [6.45, 7) is 1.94. The number of ether oxygens (including phenoxy) is 1. The summed E-state index contributed by atoms with van der Waals surface area (Å²) in [5, 5.41) is 11.4. The Bertz CT molecular complexity index is 1360. The Morgan fingerprint density at radius 3 is 2.66 bits per heavy atom. The lowest BCUT2D eigenvalue weighted by Crippen LogP contribution is -2.17. The molecule has 3 aromatic heterocycles. The van der Waals surface area contributed by atoms with Crippen LogP contribution in [0.2, 0.25) is 0 Å². The van der Waals surface area contributed by atoms with Crippen LogP contribution >= 0.6 is 0 Å². The van der Waals surface area contributed by atoms with E-state index in [9.17, 15) is 9.18 Å². The third kappa shape index (κ3) is 4.80. The number of methoxy groups -OCH3 is 1. The van der Waals surface area contributed by atoms with Crippen molar-refractivity contribution in [3.63, 3.8) is 0 Å². The van der Waals surface area contributed by atoms with Crippen LogP contribution in [-0.2, 0) is 9.53 Å². The van der Waals surface area contributed by atoms with Gasteiger partial charge >= 0.3 is 5.97 Å². The van der Waals surface area contributed by atoms with E-state index in [-0.39, 0.29) is 18.3 Å². The van der Waals surface area contributed by atoms with Gasteiger partial charge in [-0.2, -0.15) is 5.10 Å². The van der Waals surface area contributed by atoms with Crippen molar-refractivity contribution in [3.8, 4) is 22.5 Å². The van der Waals surface area contributed by atoms with E-state index in [0.717, 1.165) is 40.9 Å². The summed E-state index contributed by atoms with van der Waals surface area (Å²) < 4.78 is 20.2. The molecule has 2 N–H and O–H groups in total. The number of anilines is 2. The van der Waals surface area contributed by atoms with E-state index in [1.165, 1.54) is 32.1 Å². The van der Waals surface area contributed by atoms with Gasteiger partial charge in [-0.1, -0.05) is 18.9 Å². The molecule has 5 rings (SSSR count). The summed E-state index contributed by atoms with van der Waals surface area (Å²) in [4.78, 5) is 21.2. The van der Waals surface area contributed by atoms with E-state index in [1.807, 2.05) is 31.2 Å². The van der Waals surface area contributed by atoms with E-state index in [1.54, 1.807) is 16.6 Å². The van der Waals surface area contributed by atoms with Crippen LogP contribution < -0.4 is 10.6 Å². The number of carbonyl (C=O) groups is 1. The highest BCUT2D eigenvalue weighted by Crippen LogP contribution is 2.36. The number of esters is 1. The van der Waals surface area contributed by atoms with Gasteiger partial charge in [-0.05, 0) is 62.2 Å². The standard InChI is InChI=1S/C26H27FN6O2/c1-16-14-20(31-26(29-16)30-19-6-3-4-7-19)24-21-8-5-9-22(28-15-23(34)35-2)33(21)32-25(24)17-10-12-18(27)13-11-17/h5,8-14,19,28H,3-4,6-7,15H2,1-2H3,(H,29,30,31). The molecule has 0 unspecified atom stereocenters. The van der Waals surface area contributed by atoms with Crippen LogP contribution in [0, 0.1) is 12.7 Å². The molecule has 0 spiro atoms. The first kappa shape index (κ1) is 22.8. The number of carbonyl (C=O) groups excluding carboxylic acids is 1. The fraction of sp³-hybridized carbons (Fsp3) is 0.308. The molecule has 0 radical (unpaired) electrons. The quantitative estimate of drug-likeness (QED) is 0.370. The van der Waals surface area contributed by atoms with Gasteiger partial charge in [0.25, 0.3) is 0 Å². The molecule has 180 valence electrons. The molecule has 1 aliphatic rings. The first-order chi connectivity index (χ1) is 17.0. The number of nitrogens with zero attached hydrogens (tertiary/aromatic N) is 4. The van der Waals surface area contributed by atoms with Gasteiger partial charge in [-0.3, -0.25) is 4.79 Å². The summed E-state index contributed by atoms with van der Waals surface area (Å²) in [6, 6.07) is 14.2. The van der Waals surface area contributed by atoms with Crippen molar-refractivity contribution in [2.24, 2.45) is 0 Å². The Morgan fingerprint density at radius 1 is 1.14 bits per heavy atom. The van der Waals surface area contributed by atoms with E-state index in [2.05, 4.69) is 15.6 Å². The monoisotopic (exact) mass is 474 g/mol. The third-order valence-electron chi connectivity index (χ3n) is 6.22. The molecule has 1 saturated carbocycles. The lowest BCUT2D eigenvalue weighted by atomic mass is 10.0. The molecule has 1 aliphatic carbocycles. The van der Waals surface area contributed by atoms with Crippen molar-refractivity contribution in [1.29, 1.82) is 0 Å². The van der Waals surface area contributed by atoms with Crippen molar-refractivity contribution in [1.82, 2.24) is 19.6 Å². The number of aryl methyl sites for hydroxylation is 1. The molecule has 0 atom stereocenters. The van der Waals surface area contributed by atoms with E-state index in [0.29, 0.717) is 23.5 Å². The van der Waals surface area contributed by atoms with Crippen LogP contribution in [0.4, 0.5) is 16.2 Å². The van der Waals surface area contributed by atoms with Crippen LogP contribution in [0.5, 0.6) is 0 Å². The summed E-state index contributed by atoms with van der Waals surface area (Å²) in [6.07, 6.45) is 4.64. The van der Waals surface area contributed by atoms with Crippen molar-refractivity contribution < 1.29 is 13.9 Å².